The number of ether oxygens (including phenoxy) is 1. The Bertz CT molecular complexity index is 516. The van der Waals surface area contributed by atoms with Crippen LogP contribution < -0.4 is 9.84 Å². The first-order chi connectivity index (χ1) is 8.09. The van der Waals surface area contributed by atoms with E-state index >= 15 is 0 Å². The molecule has 2 rings (SSSR count). The Balaban J connectivity index is 2.55. The molecule has 1 N–H and O–H groups in total. The molecule has 0 spiro atoms. The van der Waals surface area contributed by atoms with E-state index in [0.29, 0.717) is 5.56 Å². The summed E-state index contributed by atoms with van der Waals surface area (Å²) in [6.45, 7) is 0.122. The minimum absolute atomic E-state index is 0.0262. The molecular formula is C12H9O5-. The van der Waals surface area contributed by atoms with Gasteiger partial charge >= 0.3 is 5.97 Å². The molecule has 5 nitrogen and oxygen atoms in total. The van der Waals surface area contributed by atoms with Gasteiger partial charge in [0, 0.05) is 12.0 Å². The van der Waals surface area contributed by atoms with Gasteiger partial charge in [0.15, 0.2) is 0 Å². The topological polar surface area (TPSA) is 86.7 Å². The minimum atomic E-state index is -1.26. The van der Waals surface area contributed by atoms with Gasteiger partial charge in [-0.3, -0.25) is 0 Å². The van der Waals surface area contributed by atoms with Gasteiger partial charge in [0.25, 0.3) is 0 Å². The van der Waals surface area contributed by atoms with Crippen LogP contribution in [0.25, 0.3) is 6.08 Å². The fourth-order valence-electron chi connectivity index (χ4n) is 1.68. The van der Waals surface area contributed by atoms with E-state index in [4.69, 9.17) is 9.84 Å². The second kappa shape index (κ2) is 4.29. The Kier molecular flexibility index (Phi) is 2.82. The molecule has 0 unspecified atom stereocenters. The van der Waals surface area contributed by atoms with Crippen LogP contribution in [-0.2, 0) is 4.79 Å². The highest BCUT2D eigenvalue weighted by molar-refractivity contribution is 5.95. The number of carboxylic acids is 2. The van der Waals surface area contributed by atoms with E-state index < -0.39 is 11.9 Å². The average molecular weight is 233 g/mol. The standard InChI is InChI=1S/C12H10O5/c13-11(14)8-4-5-17-10-7(6-8)2-1-3-9(10)12(15)16/h1-3,6H,4-5H2,(H,13,14)(H,15,16)/p-1. The molecule has 0 amide bonds. The summed E-state index contributed by atoms with van der Waals surface area (Å²) in [7, 11) is 0. The lowest BCUT2D eigenvalue weighted by Gasteiger charge is -2.08. The number of benzene rings is 1. The highest BCUT2D eigenvalue weighted by atomic mass is 16.5. The molecule has 0 fully saturated rings. The zero-order valence-electron chi connectivity index (χ0n) is 8.80. The Morgan fingerprint density at radius 1 is 1.35 bits per heavy atom. The fourth-order valence-corrected chi connectivity index (χ4v) is 1.68. The van der Waals surface area contributed by atoms with Crippen LogP contribution in [0, 0.1) is 0 Å². The summed E-state index contributed by atoms with van der Waals surface area (Å²) in [5, 5.41) is 19.8. The highest BCUT2D eigenvalue weighted by Gasteiger charge is 2.17. The second-order valence-corrected chi connectivity index (χ2v) is 3.58. The molecule has 1 aromatic carbocycles. The number of para-hydroxylation sites is 1. The van der Waals surface area contributed by atoms with E-state index in [9.17, 15) is 14.7 Å². The molecule has 5 heteroatoms. The number of hydrogen-bond acceptors (Lipinski definition) is 4. The number of carboxylic acid groups (broad SMARTS) is 2. The first-order valence-corrected chi connectivity index (χ1v) is 5.00. The molecular weight excluding hydrogens is 224 g/mol. The van der Waals surface area contributed by atoms with Gasteiger partial charge in [-0.2, -0.15) is 0 Å². The lowest BCUT2D eigenvalue weighted by Crippen LogP contribution is -2.24. The monoisotopic (exact) mass is 233 g/mol. The molecule has 1 heterocycles. The third-order valence-corrected chi connectivity index (χ3v) is 2.49. The van der Waals surface area contributed by atoms with Gasteiger partial charge in [0.05, 0.1) is 12.6 Å². The van der Waals surface area contributed by atoms with Gasteiger partial charge < -0.3 is 19.7 Å². The summed E-state index contributed by atoms with van der Waals surface area (Å²) in [6.07, 6.45) is 1.58. The smallest absolute Gasteiger partial charge is 0.339 e. The van der Waals surface area contributed by atoms with Crippen LogP contribution >= 0.6 is 0 Å². The van der Waals surface area contributed by atoms with Crippen molar-refractivity contribution in [3.63, 3.8) is 0 Å². The second-order valence-electron chi connectivity index (χ2n) is 3.58. The van der Waals surface area contributed by atoms with E-state index in [2.05, 4.69) is 0 Å². The molecule has 0 aliphatic carbocycles. The maximum Gasteiger partial charge on any atom is 0.339 e. The first-order valence-electron chi connectivity index (χ1n) is 5.00. The number of hydrogen-bond donors (Lipinski definition) is 1. The largest absolute Gasteiger partial charge is 0.545 e. The van der Waals surface area contributed by atoms with Crippen molar-refractivity contribution < 1.29 is 24.5 Å². The van der Waals surface area contributed by atoms with Crippen LogP contribution in [-0.4, -0.2) is 23.7 Å². The molecule has 0 bridgehead atoms. The zero-order chi connectivity index (χ0) is 12.4. The summed E-state index contributed by atoms with van der Waals surface area (Å²) in [6, 6.07) is 4.56. The molecule has 1 aliphatic heterocycles. The van der Waals surface area contributed by atoms with Crippen molar-refractivity contribution in [2.45, 2.75) is 6.42 Å². The maximum absolute atomic E-state index is 11.0. The number of aromatic carboxylic acids is 1. The molecule has 0 radical (unpaired) electrons. The Morgan fingerprint density at radius 3 is 2.76 bits per heavy atom. The fraction of sp³-hybridized carbons (Fsp3) is 0.167. The van der Waals surface area contributed by atoms with Gasteiger partial charge in [0.1, 0.15) is 11.3 Å². The predicted molar refractivity (Wildman–Crippen MR) is 56.5 cm³/mol. The van der Waals surface area contributed by atoms with Gasteiger partial charge in [-0.15, -0.1) is 0 Å². The minimum Gasteiger partial charge on any atom is -0.545 e. The SMILES string of the molecule is O=C([O-])C1=Cc2cccc(C(=O)O)c2OCC1. The van der Waals surface area contributed by atoms with Crippen LogP contribution in [0.3, 0.4) is 0 Å². The van der Waals surface area contributed by atoms with Crippen LogP contribution in [0.1, 0.15) is 22.3 Å². The summed E-state index contributed by atoms with van der Waals surface area (Å²) in [4.78, 5) is 21.8. The van der Waals surface area contributed by atoms with E-state index in [-0.39, 0.29) is 29.9 Å². The van der Waals surface area contributed by atoms with Gasteiger partial charge in [-0.1, -0.05) is 12.1 Å². The average Bonchev–Trinajstić information content (AvgIpc) is 2.49. The lowest BCUT2D eigenvalue weighted by atomic mass is 10.1. The van der Waals surface area contributed by atoms with Crippen molar-refractivity contribution >= 4 is 18.0 Å². The molecule has 1 aromatic rings. The first kappa shape index (κ1) is 11.2. The third kappa shape index (κ3) is 2.13. The van der Waals surface area contributed by atoms with Crippen molar-refractivity contribution in [3.05, 3.63) is 34.9 Å². The van der Waals surface area contributed by atoms with Crippen molar-refractivity contribution in [1.82, 2.24) is 0 Å². The van der Waals surface area contributed by atoms with Gasteiger partial charge in [-0.25, -0.2) is 4.79 Å². The van der Waals surface area contributed by atoms with Gasteiger partial charge in [-0.05, 0) is 17.7 Å². The number of carbonyl (C=O) groups is 2. The Morgan fingerprint density at radius 2 is 2.12 bits per heavy atom. The molecule has 0 aromatic heterocycles. The maximum atomic E-state index is 11.0. The third-order valence-electron chi connectivity index (χ3n) is 2.49. The van der Waals surface area contributed by atoms with Crippen LogP contribution in [0.5, 0.6) is 5.75 Å². The molecule has 17 heavy (non-hydrogen) atoms. The summed E-state index contributed by atoms with van der Waals surface area (Å²) in [5.41, 5.74) is 0.575. The van der Waals surface area contributed by atoms with Crippen LogP contribution in [0.2, 0.25) is 0 Å². The van der Waals surface area contributed by atoms with E-state index in [0.717, 1.165) is 0 Å². The molecule has 0 saturated carbocycles. The summed E-state index contributed by atoms with van der Waals surface area (Å²) >= 11 is 0. The number of rotatable bonds is 2. The van der Waals surface area contributed by atoms with Crippen molar-refractivity contribution in [3.8, 4) is 5.75 Å². The molecule has 0 saturated heterocycles. The van der Waals surface area contributed by atoms with Gasteiger partial charge in [0.2, 0.25) is 0 Å². The number of carbonyl (C=O) groups excluding carboxylic acids is 1. The zero-order valence-corrected chi connectivity index (χ0v) is 8.80. The number of fused-ring (bicyclic) bond motifs is 1. The normalized spacial score (nSPS) is 14.0. The Hall–Kier alpha value is -2.30. The molecule has 1 aliphatic rings. The van der Waals surface area contributed by atoms with Crippen molar-refractivity contribution in [2.75, 3.05) is 6.61 Å². The summed E-state index contributed by atoms with van der Waals surface area (Å²) in [5.74, 6) is -2.16. The van der Waals surface area contributed by atoms with E-state index in [1.54, 1.807) is 12.1 Å². The highest BCUT2D eigenvalue weighted by Crippen LogP contribution is 2.29. The predicted octanol–water partition coefficient (Wildman–Crippen LogP) is 0.301. The van der Waals surface area contributed by atoms with Crippen LogP contribution in [0.4, 0.5) is 0 Å². The lowest BCUT2D eigenvalue weighted by molar-refractivity contribution is -0.299. The Labute approximate surface area is 97.0 Å². The van der Waals surface area contributed by atoms with Crippen LogP contribution in [0.15, 0.2) is 23.8 Å². The van der Waals surface area contributed by atoms with Crippen molar-refractivity contribution in [1.29, 1.82) is 0 Å². The summed E-state index contributed by atoms with van der Waals surface area (Å²) < 4.78 is 5.30. The van der Waals surface area contributed by atoms with E-state index in [1.165, 1.54) is 12.1 Å². The van der Waals surface area contributed by atoms with Crippen molar-refractivity contribution in [2.24, 2.45) is 0 Å². The quantitative estimate of drug-likeness (QED) is 0.793. The molecule has 88 valence electrons. The van der Waals surface area contributed by atoms with E-state index in [1.807, 2.05) is 0 Å². The number of aliphatic carboxylic acids is 1. The molecule has 0 atom stereocenters.